The zero-order valence-electron chi connectivity index (χ0n) is 18.0. The molecule has 174 valence electrons. The van der Waals surface area contributed by atoms with Gasteiger partial charge in [-0.15, -0.1) is 10.2 Å². The summed E-state index contributed by atoms with van der Waals surface area (Å²) in [5.74, 6) is 2.02. The molecule has 2 heterocycles. The molecule has 1 saturated heterocycles. The van der Waals surface area contributed by atoms with E-state index >= 15 is 0 Å². The van der Waals surface area contributed by atoms with Crippen LogP contribution in [0.2, 0.25) is 10.0 Å². The number of aromatic nitrogens is 2. The van der Waals surface area contributed by atoms with Crippen molar-refractivity contribution in [2.24, 2.45) is 0 Å². The molecule has 3 aromatic rings. The van der Waals surface area contributed by atoms with Gasteiger partial charge in [-0.3, -0.25) is 0 Å². The largest absolute Gasteiger partial charge is 0.497 e. The molecule has 0 saturated carbocycles. The second-order valence-corrected chi connectivity index (χ2v) is 10.1. The van der Waals surface area contributed by atoms with Crippen molar-refractivity contribution in [1.29, 1.82) is 0 Å². The van der Waals surface area contributed by atoms with Crippen molar-refractivity contribution in [3.05, 3.63) is 58.6 Å². The Morgan fingerprint density at radius 1 is 0.879 bits per heavy atom. The van der Waals surface area contributed by atoms with Crippen LogP contribution >= 0.6 is 23.2 Å². The Hall–Kier alpha value is -2.59. The Morgan fingerprint density at radius 3 is 2.27 bits per heavy atom. The molecule has 0 aliphatic carbocycles. The van der Waals surface area contributed by atoms with Gasteiger partial charge in [-0.25, -0.2) is 8.42 Å². The third-order valence-electron chi connectivity index (χ3n) is 5.41. The van der Waals surface area contributed by atoms with Crippen LogP contribution in [0.4, 0.5) is 5.82 Å². The fourth-order valence-electron chi connectivity index (χ4n) is 3.62. The maximum absolute atomic E-state index is 13.0. The monoisotopic (exact) mass is 508 g/mol. The van der Waals surface area contributed by atoms with Crippen LogP contribution in [-0.2, 0) is 10.0 Å². The molecule has 1 aliphatic rings. The smallest absolute Gasteiger partial charge is 0.244 e. The number of anilines is 1. The van der Waals surface area contributed by atoms with Gasteiger partial charge >= 0.3 is 0 Å². The molecule has 2 aromatic carbocycles. The van der Waals surface area contributed by atoms with Crippen molar-refractivity contribution in [3.8, 4) is 22.8 Å². The molecule has 0 bridgehead atoms. The van der Waals surface area contributed by atoms with Crippen LogP contribution in [-0.4, -0.2) is 63.3 Å². The minimum absolute atomic E-state index is 0.0153. The number of benzene rings is 2. The van der Waals surface area contributed by atoms with Gasteiger partial charge in [0.25, 0.3) is 0 Å². The number of rotatable bonds is 6. The molecular weight excluding hydrogens is 487 g/mol. The Bertz CT molecular complexity index is 1250. The van der Waals surface area contributed by atoms with Gasteiger partial charge in [0.2, 0.25) is 10.0 Å². The Labute approximate surface area is 202 Å². The van der Waals surface area contributed by atoms with E-state index in [-0.39, 0.29) is 23.0 Å². The van der Waals surface area contributed by atoms with Gasteiger partial charge in [-0.2, -0.15) is 4.31 Å². The highest BCUT2D eigenvalue weighted by Crippen LogP contribution is 2.33. The van der Waals surface area contributed by atoms with E-state index in [9.17, 15) is 8.42 Å². The molecule has 33 heavy (non-hydrogen) atoms. The molecule has 8 nitrogen and oxygen atoms in total. The lowest BCUT2D eigenvalue weighted by atomic mass is 10.1. The van der Waals surface area contributed by atoms with E-state index in [4.69, 9.17) is 32.7 Å². The Kier molecular flexibility index (Phi) is 6.94. The molecular formula is C22H22Cl2N4O4S. The van der Waals surface area contributed by atoms with E-state index in [0.29, 0.717) is 41.1 Å². The van der Waals surface area contributed by atoms with Gasteiger partial charge in [0, 0.05) is 36.8 Å². The summed E-state index contributed by atoms with van der Waals surface area (Å²) in [7, 11) is -0.557. The standard InChI is InChI=1S/C22H22Cl2N4O4S/c1-31-16-4-7-20(32-2)17(14-16)19-6-8-22(26-25-19)27-9-11-28(12-10-27)33(29,30)21-13-15(23)3-5-18(21)24/h3-8,13-14H,9-12H2,1-2H3. The van der Waals surface area contributed by atoms with Gasteiger partial charge in [-0.05, 0) is 48.5 Å². The predicted molar refractivity (Wildman–Crippen MR) is 128 cm³/mol. The third kappa shape index (κ3) is 4.86. The first-order chi connectivity index (χ1) is 15.8. The number of nitrogens with zero attached hydrogens (tertiary/aromatic N) is 4. The summed E-state index contributed by atoms with van der Waals surface area (Å²) in [5, 5.41) is 9.18. The first-order valence-electron chi connectivity index (χ1n) is 10.1. The summed E-state index contributed by atoms with van der Waals surface area (Å²) < 4.78 is 38.2. The number of hydrogen-bond donors (Lipinski definition) is 0. The first-order valence-corrected chi connectivity index (χ1v) is 12.3. The van der Waals surface area contributed by atoms with Gasteiger partial charge in [0.1, 0.15) is 16.4 Å². The number of hydrogen-bond acceptors (Lipinski definition) is 7. The average Bonchev–Trinajstić information content (AvgIpc) is 2.85. The molecule has 11 heteroatoms. The van der Waals surface area contributed by atoms with E-state index in [1.165, 1.54) is 16.4 Å². The SMILES string of the molecule is COc1ccc(OC)c(-c2ccc(N3CCN(S(=O)(=O)c4cc(Cl)ccc4Cl)CC3)nn2)c1. The van der Waals surface area contributed by atoms with Crippen LogP contribution in [0.15, 0.2) is 53.4 Å². The molecule has 1 aliphatic heterocycles. The van der Waals surface area contributed by atoms with Crippen LogP contribution in [0.5, 0.6) is 11.5 Å². The van der Waals surface area contributed by atoms with Gasteiger partial charge in [-0.1, -0.05) is 23.2 Å². The minimum Gasteiger partial charge on any atom is -0.497 e. The Morgan fingerprint density at radius 2 is 1.64 bits per heavy atom. The average molecular weight is 509 g/mol. The number of ether oxygens (including phenoxy) is 2. The molecule has 0 spiro atoms. The highest BCUT2D eigenvalue weighted by molar-refractivity contribution is 7.89. The highest BCUT2D eigenvalue weighted by atomic mass is 35.5. The zero-order chi connectivity index (χ0) is 23.6. The molecule has 0 N–H and O–H groups in total. The van der Waals surface area contributed by atoms with Crippen molar-refractivity contribution in [2.45, 2.75) is 4.90 Å². The normalized spacial score (nSPS) is 14.8. The van der Waals surface area contributed by atoms with Crippen LogP contribution in [0.3, 0.4) is 0 Å². The summed E-state index contributed by atoms with van der Waals surface area (Å²) in [6.45, 7) is 1.51. The lowest BCUT2D eigenvalue weighted by Gasteiger charge is -2.34. The van der Waals surface area contributed by atoms with Crippen LogP contribution < -0.4 is 14.4 Å². The third-order valence-corrected chi connectivity index (χ3v) is 8.02. The fourth-order valence-corrected chi connectivity index (χ4v) is 5.78. The topological polar surface area (TPSA) is 84.9 Å². The van der Waals surface area contributed by atoms with Crippen LogP contribution in [0, 0.1) is 0 Å². The molecule has 0 atom stereocenters. The summed E-state index contributed by atoms with van der Waals surface area (Å²) >= 11 is 12.1. The van der Waals surface area contributed by atoms with E-state index in [2.05, 4.69) is 10.2 Å². The van der Waals surface area contributed by atoms with Crippen molar-refractivity contribution in [2.75, 3.05) is 45.3 Å². The number of halogens is 2. The van der Waals surface area contributed by atoms with Crippen molar-refractivity contribution in [3.63, 3.8) is 0 Å². The minimum atomic E-state index is -3.75. The fraction of sp³-hybridized carbons (Fsp3) is 0.273. The zero-order valence-corrected chi connectivity index (χ0v) is 20.4. The summed E-state index contributed by atoms with van der Waals surface area (Å²) in [6.07, 6.45) is 0. The van der Waals surface area contributed by atoms with Crippen molar-refractivity contribution in [1.82, 2.24) is 14.5 Å². The maximum atomic E-state index is 13.0. The highest BCUT2D eigenvalue weighted by Gasteiger charge is 2.30. The second kappa shape index (κ2) is 9.72. The molecule has 0 unspecified atom stereocenters. The quantitative estimate of drug-likeness (QED) is 0.497. The molecule has 1 aromatic heterocycles. The van der Waals surface area contributed by atoms with E-state index in [1.54, 1.807) is 20.3 Å². The molecule has 0 amide bonds. The van der Waals surface area contributed by atoms with Gasteiger partial charge in [0.05, 0.1) is 24.9 Å². The van der Waals surface area contributed by atoms with Crippen LogP contribution in [0.1, 0.15) is 0 Å². The lowest BCUT2D eigenvalue weighted by molar-refractivity contribution is 0.383. The van der Waals surface area contributed by atoms with Gasteiger partial charge in [0.15, 0.2) is 5.82 Å². The predicted octanol–water partition coefficient (Wildman–Crippen LogP) is 3.98. The van der Waals surface area contributed by atoms with Crippen molar-refractivity contribution >= 4 is 39.0 Å². The van der Waals surface area contributed by atoms with Crippen molar-refractivity contribution < 1.29 is 17.9 Å². The number of methoxy groups -OCH3 is 2. The summed E-state index contributed by atoms with van der Waals surface area (Å²) in [6, 6.07) is 13.6. The summed E-state index contributed by atoms with van der Waals surface area (Å²) in [4.78, 5) is 2.01. The molecule has 1 fully saturated rings. The number of sulfonamides is 1. The molecule has 4 rings (SSSR count). The Balaban J connectivity index is 1.48. The van der Waals surface area contributed by atoms with E-state index < -0.39 is 10.0 Å². The maximum Gasteiger partial charge on any atom is 0.244 e. The number of piperazine rings is 1. The van der Waals surface area contributed by atoms with E-state index in [0.717, 1.165) is 5.56 Å². The lowest BCUT2D eigenvalue weighted by Crippen LogP contribution is -2.49. The van der Waals surface area contributed by atoms with Crippen LogP contribution in [0.25, 0.3) is 11.3 Å². The molecule has 0 radical (unpaired) electrons. The summed E-state index contributed by atoms with van der Waals surface area (Å²) in [5.41, 5.74) is 1.41. The van der Waals surface area contributed by atoms with Gasteiger partial charge < -0.3 is 14.4 Å². The van der Waals surface area contributed by atoms with E-state index in [1.807, 2.05) is 35.2 Å². The first kappa shape index (κ1) is 23.6. The second-order valence-electron chi connectivity index (χ2n) is 7.31.